The molecule has 0 saturated heterocycles. The number of unbranched alkanes of at least 4 members (excludes halogenated alkanes) is 6. The number of hydrogen-bond acceptors (Lipinski definition) is 4. The quantitative estimate of drug-likeness (QED) is 0.231. The Morgan fingerprint density at radius 3 is 1.19 bits per heavy atom. The van der Waals surface area contributed by atoms with Gasteiger partial charge >= 0.3 is 0 Å². The molecule has 21 heavy (non-hydrogen) atoms. The Balaban J connectivity index is 3.58. The molecule has 0 bridgehead atoms. The van der Waals surface area contributed by atoms with E-state index in [4.69, 9.17) is 11.1 Å². The van der Waals surface area contributed by atoms with Crippen LogP contribution in [0.15, 0.2) is 9.04 Å². The molecule has 0 radical (unpaired) electrons. The van der Waals surface area contributed by atoms with Crippen molar-refractivity contribution in [3.05, 3.63) is 20.9 Å². The summed E-state index contributed by atoms with van der Waals surface area (Å²) < 4.78 is 49.6. The molecule has 0 saturated carbocycles. The van der Waals surface area contributed by atoms with Gasteiger partial charge in [-0.2, -0.15) is 0 Å². The smallest absolute Gasteiger partial charge is 0.221 e. The number of nitrogens with zero attached hydrogens (tertiary/aromatic N) is 6. The molecule has 120 valence electrons. The van der Waals surface area contributed by atoms with E-state index in [0.717, 1.165) is 19.3 Å². The average Bonchev–Trinajstić information content (AvgIpc) is 2.36. The van der Waals surface area contributed by atoms with E-state index in [2.05, 4.69) is 18.9 Å². The van der Waals surface area contributed by atoms with Gasteiger partial charge in [0.1, 0.15) is 0 Å². The maximum atomic E-state index is 11.0. The summed E-state index contributed by atoms with van der Waals surface area (Å²) in [4.78, 5) is 4.49. The van der Waals surface area contributed by atoms with Crippen molar-refractivity contribution < 1.29 is 16.8 Å². The molecular weight excluding hydrogens is 320 g/mol. The molecule has 0 aliphatic rings. The van der Waals surface area contributed by atoms with Crippen LogP contribution in [0.2, 0.25) is 0 Å². The summed E-state index contributed by atoms with van der Waals surface area (Å²) in [6, 6.07) is 0. The predicted octanol–water partition coefficient (Wildman–Crippen LogP) is 3.00. The van der Waals surface area contributed by atoms with Gasteiger partial charge in [0.25, 0.3) is 0 Å². The lowest BCUT2D eigenvalue weighted by Crippen LogP contribution is -2.01. The predicted molar refractivity (Wildman–Crippen MR) is 78.2 cm³/mol. The molecule has 12 heteroatoms. The molecule has 0 aliphatic carbocycles. The van der Waals surface area contributed by atoms with Gasteiger partial charge in [-0.15, -0.1) is 0 Å². The molecule has 0 aromatic heterocycles. The zero-order valence-electron chi connectivity index (χ0n) is 11.5. The van der Waals surface area contributed by atoms with Crippen LogP contribution in [-0.2, 0) is 20.0 Å². The second-order valence-corrected chi connectivity index (χ2v) is 7.86. The molecule has 0 heterocycles. The van der Waals surface area contributed by atoms with Gasteiger partial charge < -0.3 is 0 Å². The minimum absolute atomic E-state index is 0.151. The van der Waals surface area contributed by atoms with E-state index in [0.29, 0.717) is 25.7 Å². The van der Waals surface area contributed by atoms with Crippen LogP contribution in [0.5, 0.6) is 0 Å². The van der Waals surface area contributed by atoms with Gasteiger partial charge in [0.2, 0.25) is 20.0 Å². The van der Waals surface area contributed by atoms with Crippen molar-refractivity contribution in [2.75, 3.05) is 11.5 Å². The molecule has 0 spiro atoms. The fourth-order valence-corrected chi connectivity index (χ4v) is 3.17. The van der Waals surface area contributed by atoms with Crippen molar-refractivity contribution in [1.82, 2.24) is 0 Å². The first-order chi connectivity index (χ1) is 9.83. The van der Waals surface area contributed by atoms with Crippen LogP contribution in [0.3, 0.4) is 0 Å². The second-order valence-electron chi connectivity index (χ2n) is 4.39. The van der Waals surface area contributed by atoms with Gasteiger partial charge in [-0.1, -0.05) is 32.1 Å². The van der Waals surface area contributed by atoms with Crippen molar-refractivity contribution in [2.45, 2.75) is 44.9 Å². The summed E-state index contributed by atoms with van der Waals surface area (Å²) in [5, 5.41) is 0. The Morgan fingerprint density at radius 2 is 0.905 bits per heavy atom. The van der Waals surface area contributed by atoms with E-state index in [9.17, 15) is 16.8 Å². The molecule has 10 nitrogen and oxygen atoms in total. The van der Waals surface area contributed by atoms with Gasteiger partial charge in [0.05, 0.1) is 11.5 Å². The maximum absolute atomic E-state index is 11.0. The van der Waals surface area contributed by atoms with Gasteiger partial charge in [-0.3, -0.25) is 0 Å². The van der Waals surface area contributed by atoms with Crippen molar-refractivity contribution in [1.29, 1.82) is 0 Å². The summed E-state index contributed by atoms with van der Waals surface area (Å²) in [6.45, 7) is 0. The molecular formula is C9H18N6O4S2. The number of sulfonamides is 2. The first-order valence-electron chi connectivity index (χ1n) is 6.41. The van der Waals surface area contributed by atoms with Crippen molar-refractivity contribution in [3.8, 4) is 0 Å². The van der Waals surface area contributed by atoms with Crippen molar-refractivity contribution in [3.63, 3.8) is 0 Å². The summed E-state index contributed by atoms with van der Waals surface area (Å²) in [5.74, 6) is -0.303. The lowest BCUT2D eigenvalue weighted by atomic mass is 10.1. The summed E-state index contributed by atoms with van der Waals surface area (Å²) in [6.07, 6.45) is 4.81. The molecule has 0 aromatic carbocycles. The fourth-order valence-electron chi connectivity index (χ4n) is 1.65. The van der Waals surface area contributed by atoms with E-state index in [1.54, 1.807) is 0 Å². The zero-order chi connectivity index (χ0) is 16.2. The highest BCUT2D eigenvalue weighted by molar-refractivity contribution is 7.90. The van der Waals surface area contributed by atoms with Crippen molar-refractivity contribution >= 4 is 20.0 Å². The van der Waals surface area contributed by atoms with Crippen LogP contribution >= 0.6 is 0 Å². The minimum atomic E-state index is -3.65. The molecule has 0 aromatic rings. The van der Waals surface area contributed by atoms with Crippen molar-refractivity contribution in [2.24, 2.45) is 9.04 Å². The van der Waals surface area contributed by atoms with E-state index in [1.807, 2.05) is 0 Å². The average molecular weight is 338 g/mol. The van der Waals surface area contributed by atoms with Crippen LogP contribution in [0.1, 0.15) is 44.9 Å². The highest BCUT2D eigenvalue weighted by atomic mass is 32.2. The molecule has 0 unspecified atom stereocenters. The Labute approximate surface area is 123 Å². The molecule has 0 fully saturated rings. The molecule has 0 atom stereocenters. The van der Waals surface area contributed by atoms with E-state index >= 15 is 0 Å². The number of hydrogen-bond donors (Lipinski definition) is 0. The summed E-state index contributed by atoms with van der Waals surface area (Å²) in [5.41, 5.74) is 16.1. The Bertz CT molecular complexity index is 548. The highest BCUT2D eigenvalue weighted by Gasteiger charge is 2.07. The van der Waals surface area contributed by atoms with Crippen LogP contribution in [-0.4, -0.2) is 28.3 Å². The fraction of sp³-hybridized carbons (Fsp3) is 1.00. The Morgan fingerprint density at radius 1 is 0.619 bits per heavy atom. The molecule has 0 aliphatic heterocycles. The zero-order valence-corrected chi connectivity index (χ0v) is 13.1. The summed E-state index contributed by atoms with van der Waals surface area (Å²) in [7, 11) is -7.31. The molecule has 0 amide bonds. The lowest BCUT2D eigenvalue weighted by molar-refractivity contribution is 0.574. The van der Waals surface area contributed by atoms with Crippen LogP contribution in [0.4, 0.5) is 0 Å². The van der Waals surface area contributed by atoms with Gasteiger partial charge in [-0.25, -0.2) is 16.8 Å². The third kappa shape index (κ3) is 12.0. The van der Waals surface area contributed by atoms with Gasteiger partial charge in [-0.05, 0) is 23.9 Å². The maximum Gasteiger partial charge on any atom is 0.235 e. The minimum Gasteiger partial charge on any atom is -0.221 e. The molecule has 0 rings (SSSR count). The summed E-state index contributed by atoms with van der Waals surface area (Å²) >= 11 is 0. The van der Waals surface area contributed by atoms with Gasteiger partial charge in [0.15, 0.2) is 0 Å². The van der Waals surface area contributed by atoms with Crippen LogP contribution in [0, 0.1) is 0 Å². The monoisotopic (exact) mass is 338 g/mol. The molecule has 0 N–H and O–H groups in total. The van der Waals surface area contributed by atoms with E-state index in [-0.39, 0.29) is 11.5 Å². The first-order valence-corrected chi connectivity index (χ1v) is 9.63. The number of azide groups is 2. The largest absolute Gasteiger partial charge is 0.235 e. The van der Waals surface area contributed by atoms with E-state index < -0.39 is 20.0 Å². The Hall–Kier alpha value is -1.48. The number of rotatable bonds is 12. The van der Waals surface area contributed by atoms with E-state index in [1.165, 1.54) is 0 Å². The highest BCUT2D eigenvalue weighted by Crippen LogP contribution is 2.10. The topological polar surface area (TPSA) is 166 Å². The lowest BCUT2D eigenvalue weighted by Gasteiger charge is -2.01. The SMILES string of the molecule is [N-]=[N+]=NS(=O)(=O)CCCCCCCCCS(=O)(=O)N=[N+]=[N-]. The van der Waals surface area contributed by atoms with Crippen LogP contribution < -0.4 is 0 Å². The third-order valence-electron chi connectivity index (χ3n) is 2.63. The standard InChI is InChI=1S/C9H18N6O4S2/c10-12-14-20(16,17)8-6-4-2-1-3-5-7-9-21(18,19)15-13-11/h1-9H2. The third-order valence-corrected chi connectivity index (χ3v) is 4.88. The first kappa shape index (κ1) is 19.5. The second kappa shape index (κ2) is 10.3. The van der Waals surface area contributed by atoms with Crippen LogP contribution in [0.25, 0.3) is 20.9 Å². The van der Waals surface area contributed by atoms with Gasteiger partial charge in [0, 0.05) is 18.9 Å². The normalized spacial score (nSPS) is 11.4. The Kier molecular flexibility index (Phi) is 9.55.